The van der Waals surface area contributed by atoms with E-state index in [0.717, 1.165) is 23.3 Å². The van der Waals surface area contributed by atoms with Gasteiger partial charge in [-0.15, -0.1) is 0 Å². The van der Waals surface area contributed by atoms with E-state index in [-0.39, 0.29) is 40.6 Å². The molecule has 0 spiro atoms. The van der Waals surface area contributed by atoms with Crippen LogP contribution < -0.4 is 5.43 Å². The number of nitrogens with zero attached hydrogens (tertiary/aromatic N) is 2. The Labute approximate surface area is 201 Å². The van der Waals surface area contributed by atoms with Crippen molar-refractivity contribution < 1.29 is 28.2 Å². The summed E-state index contributed by atoms with van der Waals surface area (Å²) < 4.78 is 41.9. The predicted octanol–water partition coefficient (Wildman–Crippen LogP) is 5.36. The van der Waals surface area contributed by atoms with E-state index in [9.17, 15) is 28.2 Å². The number of hydrogen-bond donors (Lipinski definition) is 3. The van der Waals surface area contributed by atoms with E-state index in [1.165, 1.54) is 10.6 Å². The summed E-state index contributed by atoms with van der Waals surface area (Å²) in [7, 11) is 0. The SMILES string of the molecule is CC(=NNC(=O)C1CCC(O)CC1)c1c(O)n(-c2cc(C)cc(C)c2)c2cc(C(F)(F)F)ccc12. The number of fused-ring (bicyclic) bond motifs is 1. The monoisotopic (exact) mass is 487 g/mol. The van der Waals surface area contributed by atoms with Crippen LogP contribution in [-0.4, -0.2) is 32.5 Å². The summed E-state index contributed by atoms with van der Waals surface area (Å²) in [5.74, 6) is -0.816. The first-order chi connectivity index (χ1) is 16.5. The Balaban J connectivity index is 1.79. The highest BCUT2D eigenvalue weighted by Gasteiger charge is 2.32. The molecule has 0 radical (unpaired) electrons. The maximum absolute atomic E-state index is 13.5. The minimum Gasteiger partial charge on any atom is -0.494 e. The first kappa shape index (κ1) is 24.8. The number of hydrazone groups is 1. The van der Waals surface area contributed by atoms with Crippen LogP contribution in [0.2, 0.25) is 0 Å². The number of halogens is 3. The average molecular weight is 488 g/mol. The molecule has 1 heterocycles. The van der Waals surface area contributed by atoms with Crippen LogP contribution in [0.3, 0.4) is 0 Å². The van der Waals surface area contributed by atoms with Gasteiger partial charge in [0.1, 0.15) is 0 Å². The third-order valence-electron chi connectivity index (χ3n) is 6.50. The maximum Gasteiger partial charge on any atom is 0.416 e. The van der Waals surface area contributed by atoms with Gasteiger partial charge in [0.25, 0.3) is 0 Å². The molecule has 2 aromatic carbocycles. The van der Waals surface area contributed by atoms with Gasteiger partial charge < -0.3 is 10.2 Å². The molecule has 0 bridgehead atoms. The van der Waals surface area contributed by atoms with Crippen molar-refractivity contribution >= 4 is 22.5 Å². The summed E-state index contributed by atoms with van der Waals surface area (Å²) in [6.07, 6.45) is -2.73. The number of aromatic hydroxyl groups is 1. The summed E-state index contributed by atoms with van der Waals surface area (Å²) in [5, 5.41) is 25.4. The van der Waals surface area contributed by atoms with E-state index in [0.29, 0.717) is 36.8 Å². The van der Waals surface area contributed by atoms with Crippen LogP contribution in [0.5, 0.6) is 5.88 Å². The number of hydrogen-bond acceptors (Lipinski definition) is 4. The lowest BCUT2D eigenvalue weighted by atomic mass is 9.87. The first-order valence-corrected chi connectivity index (χ1v) is 11.5. The molecule has 35 heavy (non-hydrogen) atoms. The number of amides is 1. The number of aryl methyl sites for hydroxylation is 2. The van der Waals surface area contributed by atoms with Crippen LogP contribution in [0.15, 0.2) is 41.5 Å². The molecular weight excluding hydrogens is 459 g/mol. The Morgan fingerprint density at radius 1 is 1.06 bits per heavy atom. The molecule has 1 aliphatic rings. The van der Waals surface area contributed by atoms with Crippen molar-refractivity contribution in [3.8, 4) is 11.6 Å². The standard InChI is InChI=1S/C26H28F3N3O3/c1-14-10-15(2)12-19(11-14)32-22-13-18(26(27,28)29)6-9-21(22)23(25(32)35)16(3)30-31-24(34)17-4-7-20(33)8-5-17/h6,9-13,17,20,33,35H,4-5,7-8H2,1-3H3,(H,31,34). The fourth-order valence-electron chi connectivity index (χ4n) is 4.77. The number of nitrogens with one attached hydrogen (secondary N) is 1. The average Bonchev–Trinajstić information content (AvgIpc) is 3.07. The van der Waals surface area contributed by atoms with Gasteiger partial charge in [-0.3, -0.25) is 9.36 Å². The summed E-state index contributed by atoms with van der Waals surface area (Å²) in [6.45, 7) is 5.32. The van der Waals surface area contributed by atoms with Gasteiger partial charge in [-0.1, -0.05) is 12.1 Å². The molecule has 0 atom stereocenters. The number of aliphatic hydroxyl groups excluding tert-OH is 1. The third kappa shape index (κ3) is 5.05. The normalized spacial score (nSPS) is 19.2. The number of aliphatic hydroxyl groups is 1. The van der Waals surface area contributed by atoms with Gasteiger partial charge >= 0.3 is 6.18 Å². The zero-order chi connectivity index (χ0) is 25.5. The highest BCUT2D eigenvalue weighted by atomic mass is 19.4. The van der Waals surface area contributed by atoms with Gasteiger partial charge in [0, 0.05) is 17.0 Å². The van der Waals surface area contributed by atoms with Crippen molar-refractivity contribution in [3.05, 3.63) is 58.7 Å². The second-order valence-electron chi connectivity index (χ2n) is 9.29. The lowest BCUT2D eigenvalue weighted by molar-refractivity contribution is -0.137. The van der Waals surface area contributed by atoms with E-state index in [4.69, 9.17) is 0 Å². The molecule has 1 amide bonds. The number of alkyl halides is 3. The minimum absolute atomic E-state index is 0.180. The number of aromatic nitrogens is 1. The van der Waals surface area contributed by atoms with E-state index in [1.54, 1.807) is 19.1 Å². The van der Waals surface area contributed by atoms with Crippen LogP contribution in [-0.2, 0) is 11.0 Å². The Kier molecular flexibility index (Phi) is 6.64. The summed E-state index contributed by atoms with van der Waals surface area (Å²) in [6, 6.07) is 8.78. The van der Waals surface area contributed by atoms with Crippen molar-refractivity contribution in [2.24, 2.45) is 11.0 Å². The van der Waals surface area contributed by atoms with Gasteiger partial charge in [0.05, 0.1) is 28.5 Å². The van der Waals surface area contributed by atoms with Crippen LogP contribution in [0.1, 0.15) is 54.9 Å². The fraction of sp³-hybridized carbons (Fsp3) is 0.385. The molecule has 0 saturated heterocycles. The molecule has 6 nitrogen and oxygen atoms in total. The molecule has 186 valence electrons. The van der Waals surface area contributed by atoms with E-state index < -0.39 is 11.7 Å². The fourth-order valence-corrected chi connectivity index (χ4v) is 4.77. The lowest BCUT2D eigenvalue weighted by Gasteiger charge is -2.23. The molecule has 0 unspecified atom stereocenters. The zero-order valence-electron chi connectivity index (χ0n) is 19.8. The van der Waals surface area contributed by atoms with Crippen molar-refractivity contribution in [1.29, 1.82) is 0 Å². The van der Waals surface area contributed by atoms with Gasteiger partial charge in [-0.05, 0) is 81.8 Å². The second-order valence-corrected chi connectivity index (χ2v) is 9.29. The summed E-state index contributed by atoms with van der Waals surface area (Å²) in [5.41, 5.74) is 4.69. The maximum atomic E-state index is 13.5. The van der Waals surface area contributed by atoms with Crippen LogP contribution in [0.4, 0.5) is 13.2 Å². The topological polar surface area (TPSA) is 86.8 Å². The molecule has 4 rings (SSSR count). The van der Waals surface area contributed by atoms with Crippen molar-refractivity contribution in [2.45, 2.75) is 58.7 Å². The quantitative estimate of drug-likeness (QED) is 0.342. The number of carbonyl (C=O) groups is 1. The summed E-state index contributed by atoms with van der Waals surface area (Å²) >= 11 is 0. The number of carbonyl (C=O) groups excluding carboxylic acids is 1. The van der Waals surface area contributed by atoms with Gasteiger partial charge in [0.2, 0.25) is 11.8 Å². The zero-order valence-corrected chi connectivity index (χ0v) is 19.8. The van der Waals surface area contributed by atoms with Crippen LogP contribution in [0, 0.1) is 19.8 Å². The molecule has 9 heteroatoms. The van der Waals surface area contributed by atoms with E-state index >= 15 is 0 Å². The molecule has 1 fully saturated rings. The minimum atomic E-state index is -4.55. The molecular formula is C26H28F3N3O3. The molecule has 3 N–H and O–H groups in total. The van der Waals surface area contributed by atoms with Crippen molar-refractivity contribution in [3.63, 3.8) is 0 Å². The predicted molar refractivity (Wildman–Crippen MR) is 128 cm³/mol. The highest BCUT2D eigenvalue weighted by Crippen LogP contribution is 2.39. The van der Waals surface area contributed by atoms with Gasteiger partial charge in [0.15, 0.2) is 0 Å². The highest BCUT2D eigenvalue weighted by molar-refractivity contribution is 6.13. The lowest BCUT2D eigenvalue weighted by Crippen LogP contribution is -2.31. The smallest absolute Gasteiger partial charge is 0.416 e. The van der Waals surface area contributed by atoms with Crippen molar-refractivity contribution in [1.82, 2.24) is 9.99 Å². The van der Waals surface area contributed by atoms with Crippen LogP contribution in [0.25, 0.3) is 16.6 Å². The Morgan fingerprint density at radius 3 is 2.29 bits per heavy atom. The number of benzene rings is 2. The Hall–Kier alpha value is -3.33. The van der Waals surface area contributed by atoms with E-state index in [1.807, 2.05) is 19.9 Å². The molecule has 3 aromatic rings. The third-order valence-corrected chi connectivity index (χ3v) is 6.50. The molecule has 1 saturated carbocycles. The molecule has 1 aliphatic carbocycles. The molecule has 1 aromatic heterocycles. The molecule has 0 aliphatic heterocycles. The van der Waals surface area contributed by atoms with Crippen LogP contribution >= 0.6 is 0 Å². The van der Waals surface area contributed by atoms with Gasteiger partial charge in [-0.2, -0.15) is 18.3 Å². The largest absolute Gasteiger partial charge is 0.494 e. The summed E-state index contributed by atoms with van der Waals surface area (Å²) in [4.78, 5) is 12.6. The van der Waals surface area contributed by atoms with E-state index in [2.05, 4.69) is 10.5 Å². The Bertz CT molecular complexity index is 1280. The number of rotatable bonds is 4. The Morgan fingerprint density at radius 2 is 1.69 bits per heavy atom. The first-order valence-electron chi connectivity index (χ1n) is 11.5. The van der Waals surface area contributed by atoms with Gasteiger partial charge in [-0.25, -0.2) is 5.43 Å². The second kappa shape index (κ2) is 9.37. The van der Waals surface area contributed by atoms with Crippen molar-refractivity contribution in [2.75, 3.05) is 0 Å².